The zero-order valence-corrected chi connectivity index (χ0v) is 17.5. The molecule has 8 nitrogen and oxygen atoms in total. The van der Waals surface area contributed by atoms with Gasteiger partial charge in [0.25, 0.3) is 15.7 Å². The van der Waals surface area contributed by atoms with Gasteiger partial charge in [-0.25, -0.2) is 13.2 Å². The summed E-state index contributed by atoms with van der Waals surface area (Å²) >= 11 is 0. The number of ether oxygens (including phenoxy) is 1. The smallest absolute Gasteiger partial charge is 0.338 e. The molecular formula is C22H20N2O6S. The van der Waals surface area contributed by atoms with E-state index in [0.717, 1.165) is 11.6 Å². The van der Waals surface area contributed by atoms with E-state index in [1.165, 1.54) is 34.6 Å². The fourth-order valence-electron chi connectivity index (χ4n) is 2.87. The van der Waals surface area contributed by atoms with Crippen molar-refractivity contribution in [3.05, 3.63) is 100 Å². The summed E-state index contributed by atoms with van der Waals surface area (Å²) in [5.41, 5.74) is 1.13. The molecule has 0 spiro atoms. The molecule has 0 fully saturated rings. The lowest BCUT2D eigenvalue weighted by Gasteiger charge is -2.24. The van der Waals surface area contributed by atoms with Crippen LogP contribution in [0.4, 0.5) is 11.4 Å². The number of esters is 1. The van der Waals surface area contributed by atoms with Crippen molar-refractivity contribution in [2.45, 2.75) is 11.8 Å². The lowest BCUT2D eigenvalue weighted by atomic mass is 10.2. The van der Waals surface area contributed by atoms with Crippen molar-refractivity contribution in [2.24, 2.45) is 0 Å². The van der Waals surface area contributed by atoms with Gasteiger partial charge in [-0.2, -0.15) is 0 Å². The number of nitro groups is 1. The van der Waals surface area contributed by atoms with Gasteiger partial charge in [-0.15, -0.1) is 0 Å². The normalized spacial score (nSPS) is 11.0. The maximum atomic E-state index is 13.2. The fourth-order valence-corrected chi connectivity index (χ4v) is 4.32. The number of sulfonamides is 1. The van der Waals surface area contributed by atoms with E-state index in [2.05, 4.69) is 0 Å². The van der Waals surface area contributed by atoms with E-state index in [4.69, 9.17) is 4.74 Å². The Morgan fingerprint density at radius 1 is 1.00 bits per heavy atom. The third-order valence-electron chi connectivity index (χ3n) is 4.47. The Kier molecular flexibility index (Phi) is 6.66. The molecule has 0 radical (unpaired) electrons. The molecule has 31 heavy (non-hydrogen) atoms. The van der Waals surface area contributed by atoms with Crippen LogP contribution < -0.4 is 4.31 Å². The second-order valence-electron chi connectivity index (χ2n) is 6.67. The van der Waals surface area contributed by atoms with Crippen molar-refractivity contribution >= 4 is 27.4 Å². The van der Waals surface area contributed by atoms with Gasteiger partial charge >= 0.3 is 5.97 Å². The Balaban J connectivity index is 1.79. The summed E-state index contributed by atoms with van der Waals surface area (Å²) in [4.78, 5) is 22.7. The number of nitrogens with zero attached hydrogens (tertiary/aromatic N) is 2. The lowest BCUT2D eigenvalue weighted by molar-refractivity contribution is -0.384. The van der Waals surface area contributed by atoms with Crippen molar-refractivity contribution < 1.29 is 22.9 Å². The van der Waals surface area contributed by atoms with Crippen molar-refractivity contribution in [2.75, 3.05) is 17.5 Å². The number of non-ortho nitro benzene ring substituents is 1. The Morgan fingerprint density at radius 3 is 2.32 bits per heavy atom. The SMILES string of the molecule is Cc1ccc(S(=O)(=O)N(CCOC(=O)c2cccc([N+](=O)[O-])c2)c2ccccc2)cc1. The van der Waals surface area contributed by atoms with Gasteiger partial charge in [-0.1, -0.05) is 42.0 Å². The van der Waals surface area contributed by atoms with Crippen molar-refractivity contribution in [1.82, 2.24) is 0 Å². The largest absolute Gasteiger partial charge is 0.460 e. The highest BCUT2D eigenvalue weighted by Crippen LogP contribution is 2.23. The van der Waals surface area contributed by atoms with Gasteiger partial charge in [0.05, 0.1) is 27.6 Å². The standard InChI is InChI=1S/C22H20N2O6S/c1-17-10-12-21(13-11-17)31(28,29)23(19-7-3-2-4-8-19)14-15-30-22(25)18-6-5-9-20(16-18)24(26)27/h2-13,16H,14-15H2,1H3. The van der Waals surface area contributed by atoms with Crippen LogP contribution in [0.2, 0.25) is 0 Å². The van der Waals surface area contributed by atoms with Crippen LogP contribution in [0.25, 0.3) is 0 Å². The highest BCUT2D eigenvalue weighted by atomic mass is 32.2. The fraction of sp³-hybridized carbons (Fsp3) is 0.136. The van der Waals surface area contributed by atoms with E-state index >= 15 is 0 Å². The molecule has 0 atom stereocenters. The number of hydrogen-bond donors (Lipinski definition) is 0. The lowest BCUT2D eigenvalue weighted by Crippen LogP contribution is -2.34. The minimum absolute atomic E-state index is 0.0156. The van der Waals surface area contributed by atoms with Gasteiger partial charge in [0.15, 0.2) is 0 Å². The Labute approximate surface area is 179 Å². The summed E-state index contributed by atoms with van der Waals surface area (Å²) in [5, 5.41) is 10.9. The number of benzene rings is 3. The molecule has 0 amide bonds. The van der Waals surface area contributed by atoms with Crippen molar-refractivity contribution in [3.63, 3.8) is 0 Å². The third kappa shape index (κ3) is 5.26. The zero-order valence-electron chi connectivity index (χ0n) is 16.7. The Morgan fingerprint density at radius 2 is 1.68 bits per heavy atom. The molecule has 0 saturated carbocycles. The van der Waals surface area contributed by atoms with E-state index < -0.39 is 20.9 Å². The van der Waals surface area contributed by atoms with E-state index in [1.807, 2.05) is 6.92 Å². The number of carbonyl (C=O) groups is 1. The van der Waals surface area contributed by atoms with Crippen LogP contribution in [0.5, 0.6) is 0 Å². The molecule has 0 unspecified atom stereocenters. The van der Waals surface area contributed by atoms with Crippen molar-refractivity contribution in [1.29, 1.82) is 0 Å². The van der Waals surface area contributed by atoms with Crippen LogP contribution in [0.3, 0.4) is 0 Å². The third-order valence-corrected chi connectivity index (χ3v) is 6.31. The Bertz CT molecular complexity index is 1180. The number of rotatable bonds is 8. The molecule has 160 valence electrons. The first-order valence-corrected chi connectivity index (χ1v) is 10.8. The molecule has 3 aromatic rings. The van der Waals surface area contributed by atoms with Crippen LogP contribution >= 0.6 is 0 Å². The molecular weight excluding hydrogens is 420 g/mol. The highest BCUT2D eigenvalue weighted by Gasteiger charge is 2.25. The topological polar surface area (TPSA) is 107 Å². The monoisotopic (exact) mass is 440 g/mol. The van der Waals surface area contributed by atoms with Gasteiger partial charge in [0, 0.05) is 12.1 Å². The van der Waals surface area contributed by atoms with Crippen LogP contribution in [0.1, 0.15) is 15.9 Å². The summed E-state index contributed by atoms with van der Waals surface area (Å²) < 4.78 is 32.8. The van der Waals surface area contributed by atoms with Crippen LogP contribution in [-0.2, 0) is 14.8 Å². The van der Waals surface area contributed by atoms with Crippen LogP contribution in [0, 0.1) is 17.0 Å². The van der Waals surface area contributed by atoms with E-state index in [9.17, 15) is 23.3 Å². The van der Waals surface area contributed by atoms with Gasteiger partial charge < -0.3 is 4.74 Å². The molecule has 0 aromatic heterocycles. The van der Waals surface area contributed by atoms with Crippen LogP contribution in [-0.4, -0.2) is 32.5 Å². The first-order valence-electron chi connectivity index (χ1n) is 9.35. The molecule has 0 N–H and O–H groups in total. The van der Waals surface area contributed by atoms with Crippen molar-refractivity contribution in [3.8, 4) is 0 Å². The number of aryl methyl sites for hydroxylation is 1. The summed E-state index contributed by atoms with van der Waals surface area (Å²) in [6.07, 6.45) is 0. The number of nitro benzene ring substituents is 1. The molecule has 9 heteroatoms. The summed E-state index contributed by atoms with van der Waals surface area (Å²) in [7, 11) is -3.90. The molecule has 3 aromatic carbocycles. The molecule has 0 aliphatic carbocycles. The summed E-state index contributed by atoms with van der Waals surface area (Å²) in [5.74, 6) is -0.774. The van der Waals surface area contributed by atoms with E-state index in [-0.39, 0.29) is 29.3 Å². The molecule has 0 aliphatic rings. The quantitative estimate of drug-likeness (QED) is 0.298. The summed E-state index contributed by atoms with van der Waals surface area (Å²) in [6, 6.07) is 20.1. The average molecular weight is 440 g/mol. The van der Waals surface area contributed by atoms with Gasteiger partial charge in [-0.3, -0.25) is 14.4 Å². The zero-order chi connectivity index (χ0) is 22.4. The maximum absolute atomic E-state index is 13.2. The number of carbonyl (C=O) groups excluding carboxylic acids is 1. The minimum atomic E-state index is -3.90. The second kappa shape index (κ2) is 9.40. The second-order valence-corrected chi connectivity index (χ2v) is 8.53. The Hall–Kier alpha value is -3.72. The molecule has 0 heterocycles. The maximum Gasteiger partial charge on any atom is 0.338 e. The highest BCUT2D eigenvalue weighted by molar-refractivity contribution is 7.92. The predicted octanol–water partition coefficient (Wildman–Crippen LogP) is 3.96. The number of anilines is 1. The average Bonchev–Trinajstić information content (AvgIpc) is 2.77. The van der Waals surface area contributed by atoms with Gasteiger partial charge in [0.1, 0.15) is 6.61 Å². The van der Waals surface area contributed by atoms with E-state index in [0.29, 0.717) is 5.69 Å². The minimum Gasteiger partial charge on any atom is -0.460 e. The molecule has 0 bridgehead atoms. The van der Waals surface area contributed by atoms with Crippen LogP contribution in [0.15, 0.2) is 83.8 Å². The molecule has 0 saturated heterocycles. The molecule has 3 rings (SSSR count). The predicted molar refractivity (Wildman–Crippen MR) is 116 cm³/mol. The summed E-state index contributed by atoms with van der Waals surface area (Å²) in [6.45, 7) is 1.50. The van der Waals surface area contributed by atoms with Gasteiger partial charge in [-0.05, 0) is 37.3 Å². The first kappa shape index (κ1) is 22.0. The van der Waals surface area contributed by atoms with E-state index in [1.54, 1.807) is 42.5 Å². The first-order chi connectivity index (χ1) is 14.8. The number of hydrogen-bond acceptors (Lipinski definition) is 6. The van der Waals surface area contributed by atoms with Gasteiger partial charge in [0.2, 0.25) is 0 Å². The molecule has 0 aliphatic heterocycles. The number of para-hydroxylation sites is 1.